The van der Waals surface area contributed by atoms with Crippen LogP contribution in [0.15, 0.2) is 66.0 Å². The molecule has 0 spiro atoms. The number of rotatable bonds is 7. The quantitative estimate of drug-likeness (QED) is 0.422. The molecule has 6 heteroatoms. The second-order valence-corrected chi connectivity index (χ2v) is 8.91. The first-order valence-corrected chi connectivity index (χ1v) is 11.9. The maximum absolute atomic E-state index is 10.9. The van der Waals surface area contributed by atoms with Crippen LogP contribution >= 0.6 is 11.8 Å². The van der Waals surface area contributed by atoms with Gasteiger partial charge in [-0.1, -0.05) is 24.3 Å². The molecule has 2 aromatic heterocycles. The summed E-state index contributed by atoms with van der Waals surface area (Å²) < 4.78 is 0. The van der Waals surface area contributed by atoms with E-state index < -0.39 is 5.97 Å². The van der Waals surface area contributed by atoms with Crippen molar-refractivity contribution < 1.29 is 9.90 Å². The number of hydrogen-bond acceptors (Lipinski definition) is 5. The van der Waals surface area contributed by atoms with Crippen LogP contribution in [0, 0.1) is 5.92 Å². The molecule has 160 valence electrons. The summed E-state index contributed by atoms with van der Waals surface area (Å²) in [5.41, 5.74) is 5.25. The Labute approximate surface area is 187 Å². The first kappa shape index (κ1) is 21.4. The topological polar surface area (TPSA) is 75.1 Å². The smallest absolute Gasteiger partial charge is 0.303 e. The Balaban J connectivity index is 1.36. The van der Waals surface area contributed by atoms with Gasteiger partial charge in [-0.3, -0.25) is 9.78 Å². The number of aliphatic carboxylic acids is 1. The molecule has 1 aliphatic carbocycles. The fourth-order valence-electron chi connectivity index (χ4n) is 4.25. The molecule has 0 aliphatic heterocycles. The fraction of sp³-hybridized carbons (Fsp3) is 0.320. The van der Waals surface area contributed by atoms with E-state index >= 15 is 0 Å². The van der Waals surface area contributed by atoms with Gasteiger partial charge in [0.1, 0.15) is 0 Å². The predicted molar refractivity (Wildman–Crippen MR) is 126 cm³/mol. The Morgan fingerprint density at radius 3 is 2.19 bits per heavy atom. The first-order valence-electron chi connectivity index (χ1n) is 10.7. The van der Waals surface area contributed by atoms with Crippen LogP contribution in [-0.2, 0) is 4.79 Å². The van der Waals surface area contributed by atoms with Crippen molar-refractivity contribution in [1.29, 1.82) is 0 Å². The van der Waals surface area contributed by atoms with Gasteiger partial charge >= 0.3 is 5.97 Å². The largest absolute Gasteiger partial charge is 0.481 e. The molecular weight excluding hydrogens is 406 g/mol. The molecule has 1 aliphatic rings. The molecule has 0 bridgehead atoms. The predicted octanol–water partition coefficient (Wildman–Crippen LogP) is 6.36. The number of nitrogens with one attached hydrogen (secondary N) is 1. The number of aromatic nitrogens is 2. The maximum Gasteiger partial charge on any atom is 0.303 e. The third kappa shape index (κ3) is 5.64. The maximum atomic E-state index is 10.9. The van der Waals surface area contributed by atoms with Crippen LogP contribution in [0.1, 0.15) is 43.6 Å². The molecule has 2 heterocycles. The average Bonchev–Trinajstić information content (AvgIpc) is 2.80. The van der Waals surface area contributed by atoms with Crippen molar-refractivity contribution >= 4 is 29.1 Å². The Kier molecular flexibility index (Phi) is 6.87. The fourth-order valence-corrected chi connectivity index (χ4v) is 4.62. The average molecular weight is 434 g/mol. The summed E-state index contributed by atoms with van der Waals surface area (Å²) >= 11 is 1.62. The number of nitrogens with zero attached hydrogens (tertiary/aromatic N) is 2. The van der Waals surface area contributed by atoms with Crippen molar-refractivity contribution in [3.05, 3.63) is 66.5 Å². The summed E-state index contributed by atoms with van der Waals surface area (Å²) in [6, 6.07) is 16.7. The lowest BCUT2D eigenvalue weighted by Crippen LogP contribution is -2.16. The van der Waals surface area contributed by atoms with E-state index in [2.05, 4.69) is 39.6 Å². The zero-order chi connectivity index (χ0) is 21.6. The Bertz CT molecular complexity index is 996. The molecule has 0 radical (unpaired) electrons. The summed E-state index contributed by atoms with van der Waals surface area (Å²) in [6.45, 7) is 0. The van der Waals surface area contributed by atoms with Gasteiger partial charge < -0.3 is 10.4 Å². The van der Waals surface area contributed by atoms with Crippen molar-refractivity contribution in [1.82, 2.24) is 9.97 Å². The third-order valence-electron chi connectivity index (χ3n) is 5.99. The number of benzene rings is 1. The van der Waals surface area contributed by atoms with Gasteiger partial charge in [0.15, 0.2) is 0 Å². The van der Waals surface area contributed by atoms with Crippen LogP contribution in [0.25, 0.3) is 11.3 Å². The van der Waals surface area contributed by atoms with Gasteiger partial charge in [0.25, 0.3) is 0 Å². The number of carbonyl (C=O) groups is 1. The van der Waals surface area contributed by atoms with E-state index in [1.807, 2.05) is 42.9 Å². The second-order valence-electron chi connectivity index (χ2n) is 8.08. The van der Waals surface area contributed by atoms with E-state index in [-0.39, 0.29) is 0 Å². The van der Waals surface area contributed by atoms with E-state index in [0.29, 0.717) is 18.3 Å². The number of hydrogen-bond donors (Lipinski definition) is 2. The molecule has 0 amide bonds. The zero-order valence-corrected chi connectivity index (χ0v) is 18.4. The summed E-state index contributed by atoms with van der Waals surface area (Å²) in [5.74, 6) is 0.194. The number of thioether (sulfide) groups is 1. The lowest BCUT2D eigenvalue weighted by molar-refractivity contribution is -0.138. The number of pyridine rings is 2. The van der Waals surface area contributed by atoms with Crippen molar-refractivity contribution in [2.24, 2.45) is 5.92 Å². The molecule has 2 N–H and O–H groups in total. The van der Waals surface area contributed by atoms with E-state index in [0.717, 1.165) is 53.3 Å². The molecule has 1 aromatic carbocycles. The first-order chi connectivity index (χ1) is 15.1. The van der Waals surface area contributed by atoms with Crippen LogP contribution in [0.4, 0.5) is 11.4 Å². The number of carboxylic acids is 1. The highest BCUT2D eigenvalue weighted by molar-refractivity contribution is 7.98. The van der Waals surface area contributed by atoms with Crippen LogP contribution in [0.5, 0.6) is 0 Å². The zero-order valence-electron chi connectivity index (χ0n) is 17.6. The molecule has 1 saturated carbocycles. The van der Waals surface area contributed by atoms with Crippen molar-refractivity contribution in [2.75, 3.05) is 11.6 Å². The van der Waals surface area contributed by atoms with Gasteiger partial charge in [-0.2, -0.15) is 0 Å². The molecule has 0 unspecified atom stereocenters. The number of anilines is 2. The molecule has 0 saturated heterocycles. The highest BCUT2D eigenvalue weighted by Crippen LogP contribution is 2.37. The number of carboxylic acid groups (broad SMARTS) is 1. The van der Waals surface area contributed by atoms with Gasteiger partial charge in [-0.05, 0) is 73.6 Å². The minimum Gasteiger partial charge on any atom is -0.481 e. The van der Waals surface area contributed by atoms with Gasteiger partial charge in [-0.15, -0.1) is 11.8 Å². The van der Waals surface area contributed by atoms with E-state index in [1.54, 1.807) is 11.8 Å². The normalized spacial score (nSPS) is 18.5. The lowest BCUT2D eigenvalue weighted by Gasteiger charge is -2.28. The summed E-state index contributed by atoms with van der Waals surface area (Å²) in [4.78, 5) is 19.9. The standard InChI is InChI=1S/C25H27N3O2S/c1-31-24-13-11-22(16-27-24)28-21-10-12-23(26-15-21)20-8-6-19(7-9-20)18-4-2-17(3-5-18)14-25(29)30/h6-13,15-18,28H,2-5,14H2,1H3,(H,29,30). The molecule has 3 aromatic rings. The summed E-state index contributed by atoms with van der Waals surface area (Å²) in [5, 5.41) is 13.3. The monoisotopic (exact) mass is 433 g/mol. The lowest BCUT2D eigenvalue weighted by atomic mass is 9.77. The van der Waals surface area contributed by atoms with Crippen LogP contribution in [0.3, 0.4) is 0 Å². The van der Waals surface area contributed by atoms with Gasteiger partial charge in [-0.25, -0.2) is 4.98 Å². The molecular formula is C25H27N3O2S. The summed E-state index contributed by atoms with van der Waals surface area (Å²) in [6.07, 6.45) is 10.1. The minimum absolute atomic E-state index is 0.307. The molecule has 1 fully saturated rings. The van der Waals surface area contributed by atoms with Crippen molar-refractivity contribution in [3.8, 4) is 11.3 Å². The van der Waals surface area contributed by atoms with Crippen molar-refractivity contribution in [3.63, 3.8) is 0 Å². The van der Waals surface area contributed by atoms with Crippen molar-refractivity contribution in [2.45, 2.75) is 43.0 Å². The molecule has 31 heavy (non-hydrogen) atoms. The molecule has 5 nitrogen and oxygen atoms in total. The molecule has 0 atom stereocenters. The van der Waals surface area contributed by atoms with Crippen LogP contribution in [-0.4, -0.2) is 27.3 Å². The van der Waals surface area contributed by atoms with E-state index in [4.69, 9.17) is 5.11 Å². The van der Waals surface area contributed by atoms with Gasteiger partial charge in [0.2, 0.25) is 0 Å². The molecule has 4 rings (SSSR count). The Morgan fingerprint density at radius 1 is 0.968 bits per heavy atom. The Hall–Kier alpha value is -2.86. The van der Waals surface area contributed by atoms with Crippen LogP contribution in [0.2, 0.25) is 0 Å². The van der Waals surface area contributed by atoms with E-state index in [9.17, 15) is 4.79 Å². The highest BCUT2D eigenvalue weighted by Gasteiger charge is 2.23. The summed E-state index contributed by atoms with van der Waals surface area (Å²) in [7, 11) is 0. The SMILES string of the molecule is CSc1ccc(Nc2ccc(-c3ccc(C4CCC(CC(=O)O)CC4)cc3)nc2)cn1. The highest BCUT2D eigenvalue weighted by atomic mass is 32.2. The van der Waals surface area contributed by atoms with Gasteiger partial charge in [0.05, 0.1) is 34.5 Å². The van der Waals surface area contributed by atoms with E-state index in [1.165, 1.54) is 5.56 Å². The minimum atomic E-state index is -0.674. The van der Waals surface area contributed by atoms with Gasteiger partial charge in [0, 0.05) is 12.0 Å². The second kappa shape index (κ2) is 9.96. The Morgan fingerprint density at radius 2 is 1.65 bits per heavy atom. The van der Waals surface area contributed by atoms with Crippen LogP contribution < -0.4 is 5.32 Å². The third-order valence-corrected chi connectivity index (χ3v) is 6.65.